The van der Waals surface area contributed by atoms with Gasteiger partial charge in [-0.3, -0.25) is 0 Å². The predicted octanol–water partition coefficient (Wildman–Crippen LogP) is 1.02. The van der Waals surface area contributed by atoms with Gasteiger partial charge in [-0.2, -0.15) is 0 Å². The molecule has 36 valence electrons. The summed E-state index contributed by atoms with van der Waals surface area (Å²) < 4.78 is 0. The Morgan fingerprint density at radius 3 is 1.43 bits per heavy atom. The van der Waals surface area contributed by atoms with Crippen LogP contribution in [0.5, 0.6) is 0 Å². The summed E-state index contributed by atoms with van der Waals surface area (Å²) in [5, 5.41) is 0. The van der Waals surface area contributed by atoms with E-state index in [1.165, 1.54) is 0 Å². The number of rotatable bonds is 0. The van der Waals surface area contributed by atoms with Crippen molar-refractivity contribution >= 4 is 18.9 Å². The van der Waals surface area contributed by atoms with E-state index in [0.29, 0.717) is 0 Å². The van der Waals surface area contributed by atoms with Crippen LogP contribution in [0.3, 0.4) is 0 Å². The summed E-state index contributed by atoms with van der Waals surface area (Å²) in [5.41, 5.74) is 0.0694. The van der Waals surface area contributed by atoms with E-state index in [0.717, 1.165) is 0 Å². The van der Waals surface area contributed by atoms with Crippen molar-refractivity contribution in [2.45, 2.75) is 20.8 Å². The Labute approximate surface area is 57.9 Å². The molecule has 1 heteroatoms. The van der Waals surface area contributed by atoms with E-state index in [1.807, 2.05) is 20.8 Å². The van der Waals surface area contributed by atoms with Crippen LogP contribution in [0.25, 0.3) is 0 Å². The van der Waals surface area contributed by atoms with Crippen LogP contribution in [0.4, 0.5) is 0 Å². The summed E-state index contributed by atoms with van der Waals surface area (Å²) in [6.07, 6.45) is 5.06. The molecule has 0 aliphatic carbocycles. The molecule has 0 rings (SSSR count). The first-order valence-corrected chi connectivity index (χ1v) is 2.04. The monoisotopic (exact) mass is 90.1 g/mol. The van der Waals surface area contributed by atoms with Gasteiger partial charge in [-0.1, -0.05) is 0 Å². The Bertz CT molecular complexity index is 71.2. The molecule has 0 N–H and O–H groups in total. The van der Waals surface area contributed by atoms with Gasteiger partial charge in [0.05, 0.1) is 0 Å². The molecule has 0 aromatic heterocycles. The maximum atomic E-state index is 5.06. The summed E-state index contributed by atoms with van der Waals surface area (Å²) >= 11 is 0. The van der Waals surface area contributed by atoms with Crippen LogP contribution in [0.15, 0.2) is 0 Å². The van der Waals surface area contributed by atoms with E-state index in [2.05, 4.69) is 5.92 Å². The average molecular weight is 90.1 g/mol. The molecular weight excluding hydrogens is 79.0 g/mol. The van der Waals surface area contributed by atoms with Gasteiger partial charge in [0.2, 0.25) is 0 Å². The van der Waals surface area contributed by atoms with Gasteiger partial charge in [0.15, 0.2) is 0 Å². The average Bonchev–Trinajstić information content (AvgIpc) is 1.35. The fourth-order valence-corrected chi connectivity index (χ4v) is 0. The first-order chi connectivity index (χ1) is 2.56. The van der Waals surface area contributed by atoms with Crippen LogP contribution in [-0.2, 0) is 0 Å². The predicted molar refractivity (Wildman–Crippen MR) is 35.4 cm³/mol. The van der Waals surface area contributed by atoms with E-state index in [9.17, 15) is 0 Å². The first-order valence-electron chi connectivity index (χ1n) is 2.04. The SMILES string of the molecule is C#CC(C)(C)C.[LiH]. The minimum atomic E-state index is 0. The Balaban J connectivity index is 0. The number of hydrogen-bond donors (Lipinski definition) is 0. The Morgan fingerprint density at radius 2 is 1.43 bits per heavy atom. The van der Waals surface area contributed by atoms with Crippen LogP contribution in [0.1, 0.15) is 20.8 Å². The van der Waals surface area contributed by atoms with Gasteiger partial charge in [0.25, 0.3) is 0 Å². The van der Waals surface area contributed by atoms with Crippen molar-refractivity contribution in [2.24, 2.45) is 5.41 Å². The van der Waals surface area contributed by atoms with Crippen molar-refractivity contribution < 1.29 is 0 Å². The van der Waals surface area contributed by atoms with Gasteiger partial charge in [-0.05, 0) is 20.8 Å². The third-order valence-corrected chi connectivity index (χ3v) is 0.433. The zero-order valence-electron chi connectivity index (χ0n) is 4.58. The molecule has 0 aliphatic rings. The van der Waals surface area contributed by atoms with Gasteiger partial charge in [0, 0.05) is 5.41 Å². The van der Waals surface area contributed by atoms with E-state index < -0.39 is 0 Å². The van der Waals surface area contributed by atoms with Gasteiger partial charge < -0.3 is 0 Å². The summed E-state index contributed by atoms with van der Waals surface area (Å²) in [7, 11) is 0. The summed E-state index contributed by atoms with van der Waals surface area (Å²) in [6.45, 7) is 6.02. The second kappa shape index (κ2) is 3.20. The molecule has 0 aliphatic heterocycles. The van der Waals surface area contributed by atoms with Crippen LogP contribution in [-0.4, -0.2) is 18.9 Å². The molecular formula is C6H11Li. The standard InChI is InChI=1S/C6H10.Li.H/c1-5-6(2,3)4;;/h1H,2-4H3;;. The Hall–Kier alpha value is 0.157. The van der Waals surface area contributed by atoms with Gasteiger partial charge >= 0.3 is 18.9 Å². The minimum absolute atomic E-state index is 0. The molecule has 0 aromatic rings. The second-order valence-electron chi connectivity index (χ2n) is 2.39. The fraction of sp³-hybridized carbons (Fsp3) is 0.667. The molecule has 0 radical (unpaired) electrons. The van der Waals surface area contributed by atoms with Crippen molar-refractivity contribution in [3.05, 3.63) is 0 Å². The topological polar surface area (TPSA) is 0 Å². The third-order valence-electron chi connectivity index (χ3n) is 0.433. The summed E-state index contributed by atoms with van der Waals surface area (Å²) in [4.78, 5) is 0. The third kappa shape index (κ3) is 10.7. The zero-order valence-corrected chi connectivity index (χ0v) is 4.58. The number of terminal acetylenes is 1. The van der Waals surface area contributed by atoms with Crippen LogP contribution in [0, 0.1) is 17.8 Å². The van der Waals surface area contributed by atoms with Crippen LogP contribution in [0.2, 0.25) is 0 Å². The molecule has 0 amide bonds. The van der Waals surface area contributed by atoms with Crippen molar-refractivity contribution in [1.29, 1.82) is 0 Å². The van der Waals surface area contributed by atoms with Gasteiger partial charge in [0.1, 0.15) is 0 Å². The molecule has 0 unspecified atom stereocenters. The van der Waals surface area contributed by atoms with Crippen molar-refractivity contribution in [3.8, 4) is 12.3 Å². The molecule has 7 heavy (non-hydrogen) atoms. The van der Waals surface area contributed by atoms with E-state index in [4.69, 9.17) is 6.42 Å². The van der Waals surface area contributed by atoms with E-state index in [1.54, 1.807) is 0 Å². The fourth-order valence-electron chi connectivity index (χ4n) is 0. The maximum absolute atomic E-state index is 5.06. The molecule has 0 heterocycles. The summed E-state index contributed by atoms with van der Waals surface area (Å²) in [6, 6.07) is 0. The molecule has 0 nitrogen and oxygen atoms in total. The van der Waals surface area contributed by atoms with E-state index in [-0.39, 0.29) is 24.3 Å². The van der Waals surface area contributed by atoms with Gasteiger partial charge in [-0.15, -0.1) is 12.3 Å². The normalized spacial score (nSPS) is 8.86. The second-order valence-corrected chi connectivity index (χ2v) is 2.39. The molecule has 0 fully saturated rings. The molecule has 0 saturated heterocycles. The number of hydrogen-bond acceptors (Lipinski definition) is 0. The quantitative estimate of drug-likeness (QED) is 0.307. The summed E-state index contributed by atoms with van der Waals surface area (Å²) in [5.74, 6) is 2.60. The Kier molecular flexibility index (Phi) is 4.66. The zero-order chi connectivity index (χ0) is 5.21. The first kappa shape index (κ1) is 10.2. The molecule has 0 spiro atoms. The molecule has 0 saturated carbocycles. The van der Waals surface area contributed by atoms with E-state index >= 15 is 0 Å². The Morgan fingerprint density at radius 1 is 1.29 bits per heavy atom. The molecule has 0 atom stereocenters. The molecule has 0 bridgehead atoms. The molecule has 0 aromatic carbocycles. The van der Waals surface area contributed by atoms with Crippen molar-refractivity contribution in [2.75, 3.05) is 0 Å². The van der Waals surface area contributed by atoms with Crippen LogP contribution < -0.4 is 0 Å². The van der Waals surface area contributed by atoms with Crippen molar-refractivity contribution in [1.82, 2.24) is 0 Å². The van der Waals surface area contributed by atoms with Gasteiger partial charge in [-0.25, -0.2) is 0 Å². The van der Waals surface area contributed by atoms with Crippen molar-refractivity contribution in [3.63, 3.8) is 0 Å². The van der Waals surface area contributed by atoms with Crippen LogP contribution >= 0.6 is 0 Å².